The Kier molecular flexibility index (Phi) is 3.80. The average molecular weight is 213 g/mol. The molecule has 0 aromatic heterocycles. The fourth-order valence-electron chi connectivity index (χ4n) is 1.38. The lowest BCUT2D eigenvalue weighted by Gasteiger charge is -2.13. The summed E-state index contributed by atoms with van der Waals surface area (Å²) in [6.45, 7) is 3.51. The van der Waals surface area contributed by atoms with Gasteiger partial charge in [-0.3, -0.25) is 0 Å². The number of nitrogens with two attached hydrogens (primary N) is 1. The average Bonchev–Trinajstić information content (AvgIpc) is 2.12. The highest BCUT2D eigenvalue weighted by Crippen LogP contribution is 2.29. The van der Waals surface area contributed by atoms with Gasteiger partial charge in [-0.2, -0.15) is 0 Å². The molecular formula is C11H13F2NO. The highest BCUT2D eigenvalue weighted by molar-refractivity contribution is 5.36. The Labute approximate surface area is 87.0 Å². The van der Waals surface area contributed by atoms with E-state index in [2.05, 4.69) is 6.58 Å². The highest BCUT2D eigenvalue weighted by Gasteiger charge is 2.16. The minimum atomic E-state index is -0.816. The van der Waals surface area contributed by atoms with E-state index in [1.54, 1.807) is 6.08 Å². The summed E-state index contributed by atoms with van der Waals surface area (Å²) >= 11 is 0. The van der Waals surface area contributed by atoms with Crippen molar-refractivity contribution in [1.29, 1.82) is 0 Å². The smallest absolute Gasteiger partial charge is 0.134 e. The zero-order valence-electron chi connectivity index (χ0n) is 8.21. The van der Waals surface area contributed by atoms with Crippen LogP contribution >= 0.6 is 0 Å². The van der Waals surface area contributed by atoms with Crippen molar-refractivity contribution in [2.75, 3.05) is 0 Å². The Morgan fingerprint density at radius 1 is 1.47 bits per heavy atom. The molecular weight excluding hydrogens is 200 g/mol. The number of aromatic hydroxyl groups is 1. The van der Waals surface area contributed by atoms with Crippen LogP contribution in [0.2, 0.25) is 0 Å². The molecule has 1 aromatic carbocycles. The first-order valence-electron chi connectivity index (χ1n) is 4.60. The van der Waals surface area contributed by atoms with Crippen LogP contribution in [0.5, 0.6) is 5.75 Å². The van der Waals surface area contributed by atoms with Crippen LogP contribution in [-0.2, 0) is 0 Å². The number of allylic oxidation sites excluding steroid dienone is 1. The van der Waals surface area contributed by atoms with E-state index < -0.39 is 23.4 Å². The second-order valence-corrected chi connectivity index (χ2v) is 3.29. The van der Waals surface area contributed by atoms with Gasteiger partial charge in [-0.25, -0.2) is 8.78 Å². The molecule has 0 aliphatic carbocycles. The Morgan fingerprint density at radius 3 is 2.67 bits per heavy atom. The molecule has 4 heteroatoms. The zero-order chi connectivity index (χ0) is 11.4. The summed E-state index contributed by atoms with van der Waals surface area (Å²) in [6, 6.07) is 0.915. The molecule has 3 N–H and O–H groups in total. The summed E-state index contributed by atoms with van der Waals surface area (Å²) < 4.78 is 25.9. The second-order valence-electron chi connectivity index (χ2n) is 3.29. The lowest BCUT2D eigenvalue weighted by atomic mass is 10.0. The predicted octanol–water partition coefficient (Wildman–Crippen LogP) is 2.64. The van der Waals surface area contributed by atoms with Crippen molar-refractivity contribution in [3.05, 3.63) is 42.0 Å². The van der Waals surface area contributed by atoms with Gasteiger partial charge < -0.3 is 10.8 Å². The van der Waals surface area contributed by atoms with Crippen molar-refractivity contribution >= 4 is 0 Å². The van der Waals surface area contributed by atoms with Gasteiger partial charge >= 0.3 is 0 Å². The second kappa shape index (κ2) is 4.89. The molecule has 1 rings (SSSR count). The first-order chi connectivity index (χ1) is 7.06. The van der Waals surface area contributed by atoms with E-state index in [1.807, 2.05) is 0 Å². The van der Waals surface area contributed by atoms with Crippen molar-refractivity contribution < 1.29 is 13.9 Å². The topological polar surface area (TPSA) is 46.2 Å². The van der Waals surface area contributed by atoms with Crippen molar-refractivity contribution in [2.24, 2.45) is 5.73 Å². The summed E-state index contributed by atoms with van der Waals surface area (Å²) in [5, 5.41) is 9.36. The fraction of sp³-hybridized carbons (Fsp3) is 0.273. The molecule has 0 aliphatic heterocycles. The summed E-state index contributed by atoms with van der Waals surface area (Å²) in [5.41, 5.74) is 5.62. The van der Waals surface area contributed by atoms with Crippen molar-refractivity contribution in [3.8, 4) is 5.75 Å². The maximum atomic E-state index is 13.3. The highest BCUT2D eigenvalue weighted by atomic mass is 19.1. The molecule has 0 heterocycles. The Balaban J connectivity index is 2.97. The molecule has 0 spiro atoms. The summed E-state index contributed by atoms with van der Waals surface area (Å²) in [4.78, 5) is 0. The number of phenolic OH excluding ortho intramolecular Hbond substituents is 1. The van der Waals surface area contributed by atoms with E-state index >= 15 is 0 Å². The normalized spacial score (nSPS) is 12.5. The van der Waals surface area contributed by atoms with Crippen molar-refractivity contribution in [2.45, 2.75) is 18.9 Å². The van der Waals surface area contributed by atoms with Crippen LogP contribution < -0.4 is 5.73 Å². The Bertz CT molecular complexity index is 343. The number of hydrogen-bond donors (Lipinski definition) is 2. The zero-order valence-corrected chi connectivity index (χ0v) is 8.21. The SMILES string of the molecule is C=CCC[C@H](N)c1c(O)cc(F)cc1F. The van der Waals surface area contributed by atoms with E-state index in [4.69, 9.17) is 5.73 Å². The fourth-order valence-corrected chi connectivity index (χ4v) is 1.38. The molecule has 15 heavy (non-hydrogen) atoms. The van der Waals surface area contributed by atoms with E-state index in [0.717, 1.165) is 6.07 Å². The maximum absolute atomic E-state index is 13.3. The third-order valence-electron chi connectivity index (χ3n) is 2.13. The summed E-state index contributed by atoms with van der Waals surface area (Å²) in [6.07, 6.45) is 2.72. The van der Waals surface area contributed by atoms with Crippen LogP contribution in [0.15, 0.2) is 24.8 Å². The van der Waals surface area contributed by atoms with Crippen LogP contribution in [-0.4, -0.2) is 5.11 Å². The number of benzene rings is 1. The Hall–Kier alpha value is -1.42. The van der Waals surface area contributed by atoms with Gasteiger partial charge in [0, 0.05) is 23.7 Å². The monoisotopic (exact) mass is 213 g/mol. The molecule has 0 radical (unpaired) electrons. The van der Waals surface area contributed by atoms with E-state index in [1.165, 1.54) is 0 Å². The minimum Gasteiger partial charge on any atom is -0.507 e. The quantitative estimate of drug-likeness (QED) is 0.755. The van der Waals surface area contributed by atoms with E-state index in [9.17, 15) is 13.9 Å². The van der Waals surface area contributed by atoms with Gasteiger partial charge in [0.15, 0.2) is 0 Å². The molecule has 0 fully saturated rings. The Morgan fingerprint density at radius 2 is 2.13 bits per heavy atom. The summed E-state index contributed by atoms with van der Waals surface area (Å²) in [7, 11) is 0. The molecule has 0 saturated carbocycles. The number of hydrogen-bond acceptors (Lipinski definition) is 2. The van der Waals surface area contributed by atoms with Gasteiger partial charge in [0.25, 0.3) is 0 Å². The standard InChI is InChI=1S/C11H13F2NO/c1-2-3-4-9(14)11-8(13)5-7(12)6-10(11)15/h2,5-6,9,15H,1,3-4,14H2/t9-/m0/s1. The lowest BCUT2D eigenvalue weighted by molar-refractivity contribution is 0.437. The van der Waals surface area contributed by atoms with E-state index in [-0.39, 0.29) is 5.56 Å². The van der Waals surface area contributed by atoms with Crippen LogP contribution in [0.3, 0.4) is 0 Å². The first-order valence-corrected chi connectivity index (χ1v) is 4.60. The van der Waals surface area contributed by atoms with Crippen LogP contribution in [0.1, 0.15) is 24.4 Å². The lowest BCUT2D eigenvalue weighted by Crippen LogP contribution is -2.12. The number of halogens is 2. The number of rotatable bonds is 4. The largest absolute Gasteiger partial charge is 0.507 e. The molecule has 0 bridgehead atoms. The van der Waals surface area contributed by atoms with Gasteiger partial charge in [0.2, 0.25) is 0 Å². The minimum absolute atomic E-state index is 0.0433. The molecule has 2 nitrogen and oxygen atoms in total. The summed E-state index contributed by atoms with van der Waals surface area (Å²) in [5.74, 6) is -2.07. The van der Waals surface area contributed by atoms with Gasteiger partial charge in [-0.15, -0.1) is 6.58 Å². The number of phenols is 1. The third-order valence-corrected chi connectivity index (χ3v) is 2.13. The van der Waals surface area contributed by atoms with E-state index in [0.29, 0.717) is 18.9 Å². The van der Waals surface area contributed by atoms with Crippen molar-refractivity contribution in [3.63, 3.8) is 0 Å². The van der Waals surface area contributed by atoms with Gasteiger partial charge in [0.1, 0.15) is 17.4 Å². The van der Waals surface area contributed by atoms with Gasteiger partial charge in [-0.05, 0) is 12.8 Å². The maximum Gasteiger partial charge on any atom is 0.134 e. The third kappa shape index (κ3) is 2.76. The first kappa shape index (κ1) is 11.7. The van der Waals surface area contributed by atoms with Crippen LogP contribution in [0, 0.1) is 11.6 Å². The van der Waals surface area contributed by atoms with Gasteiger partial charge in [0.05, 0.1) is 0 Å². The molecule has 1 aromatic rings. The van der Waals surface area contributed by atoms with Crippen LogP contribution in [0.25, 0.3) is 0 Å². The van der Waals surface area contributed by atoms with Crippen molar-refractivity contribution in [1.82, 2.24) is 0 Å². The van der Waals surface area contributed by atoms with Gasteiger partial charge in [-0.1, -0.05) is 6.08 Å². The van der Waals surface area contributed by atoms with Crippen LogP contribution in [0.4, 0.5) is 8.78 Å². The molecule has 0 unspecified atom stereocenters. The predicted molar refractivity (Wildman–Crippen MR) is 54.4 cm³/mol. The molecule has 0 aliphatic rings. The molecule has 0 amide bonds. The molecule has 82 valence electrons. The molecule has 0 saturated heterocycles. The molecule has 1 atom stereocenters.